The molecule has 4 aromatic rings. The summed E-state index contributed by atoms with van der Waals surface area (Å²) in [5, 5.41) is 26.9. The Kier molecular flexibility index (Phi) is 9.47. The lowest BCUT2D eigenvalue weighted by Crippen LogP contribution is -2.28. The molecule has 4 amide bonds. The van der Waals surface area contributed by atoms with Gasteiger partial charge in [-0.3, -0.25) is 9.36 Å². The second-order valence-corrected chi connectivity index (χ2v) is 8.64. The highest BCUT2D eigenvalue weighted by molar-refractivity contribution is 5.89. The van der Waals surface area contributed by atoms with Crippen LogP contribution in [0.3, 0.4) is 0 Å². The third-order valence-electron chi connectivity index (χ3n) is 5.51. The number of hydrogen-bond donors (Lipinski definition) is 4. The SMILES string of the molecule is O=C(NCc1cn(CCCCCn2cc(CNC(=O)Nc3ccc(F)cc3)nn2)nn1)Nc1ccc(F)cc1. The van der Waals surface area contributed by atoms with Crippen LogP contribution >= 0.6 is 0 Å². The molecule has 0 spiro atoms. The average Bonchev–Trinajstić information content (AvgIpc) is 3.58. The number of rotatable bonds is 12. The molecule has 2 aromatic carbocycles. The fraction of sp³-hybridized carbons (Fsp3) is 0.280. The number of unbranched alkanes of at least 4 members (excludes halogenated alkanes) is 2. The van der Waals surface area contributed by atoms with Crippen LogP contribution in [0.2, 0.25) is 0 Å². The van der Waals surface area contributed by atoms with Crippen LogP contribution in [0, 0.1) is 11.6 Å². The zero-order valence-electron chi connectivity index (χ0n) is 21.0. The van der Waals surface area contributed by atoms with Crippen LogP contribution in [-0.4, -0.2) is 42.0 Å². The molecule has 0 atom stereocenters. The zero-order valence-corrected chi connectivity index (χ0v) is 21.0. The molecule has 0 saturated heterocycles. The van der Waals surface area contributed by atoms with Gasteiger partial charge in [-0.05, 0) is 67.8 Å². The first-order valence-corrected chi connectivity index (χ1v) is 12.3. The Bertz CT molecular complexity index is 1250. The Morgan fingerprint density at radius 2 is 1.05 bits per heavy atom. The molecule has 0 aliphatic carbocycles. The molecule has 2 aromatic heterocycles. The molecule has 0 fully saturated rings. The molecule has 14 heteroatoms. The van der Waals surface area contributed by atoms with Crippen molar-refractivity contribution in [3.8, 4) is 0 Å². The summed E-state index contributed by atoms with van der Waals surface area (Å²) in [4.78, 5) is 23.9. The number of halogens is 2. The van der Waals surface area contributed by atoms with Crippen molar-refractivity contribution in [1.29, 1.82) is 0 Å². The number of nitrogens with zero attached hydrogens (tertiary/aromatic N) is 6. The molecule has 0 aliphatic heterocycles. The Morgan fingerprint density at radius 1 is 0.641 bits per heavy atom. The van der Waals surface area contributed by atoms with Gasteiger partial charge < -0.3 is 21.3 Å². The normalized spacial score (nSPS) is 10.7. The van der Waals surface area contributed by atoms with Gasteiger partial charge in [0.25, 0.3) is 0 Å². The lowest BCUT2D eigenvalue weighted by Gasteiger charge is -2.06. The van der Waals surface area contributed by atoms with E-state index >= 15 is 0 Å². The predicted octanol–water partition coefficient (Wildman–Crippen LogP) is 3.66. The molecule has 2 heterocycles. The molecule has 12 nitrogen and oxygen atoms in total. The first-order valence-electron chi connectivity index (χ1n) is 12.3. The van der Waals surface area contributed by atoms with E-state index in [2.05, 4.69) is 41.9 Å². The quantitative estimate of drug-likeness (QED) is 0.203. The smallest absolute Gasteiger partial charge is 0.319 e. The van der Waals surface area contributed by atoms with Gasteiger partial charge in [-0.25, -0.2) is 18.4 Å². The summed E-state index contributed by atoms with van der Waals surface area (Å²) in [6.07, 6.45) is 6.26. The summed E-state index contributed by atoms with van der Waals surface area (Å²) in [5.41, 5.74) is 2.23. The average molecular weight is 539 g/mol. The maximum Gasteiger partial charge on any atom is 0.319 e. The summed E-state index contributed by atoms with van der Waals surface area (Å²) < 4.78 is 29.3. The van der Waals surface area contributed by atoms with Gasteiger partial charge in [-0.15, -0.1) is 10.2 Å². The molecule has 204 valence electrons. The largest absolute Gasteiger partial charge is 0.332 e. The number of urea groups is 2. The summed E-state index contributed by atoms with van der Waals surface area (Å²) in [7, 11) is 0. The van der Waals surface area contributed by atoms with Crippen LogP contribution in [0.4, 0.5) is 29.7 Å². The molecule has 39 heavy (non-hydrogen) atoms. The van der Waals surface area contributed by atoms with Gasteiger partial charge in [0, 0.05) is 24.5 Å². The first kappa shape index (κ1) is 27.2. The van der Waals surface area contributed by atoms with Gasteiger partial charge in [-0.2, -0.15) is 0 Å². The number of aryl methyl sites for hydroxylation is 2. The highest BCUT2D eigenvalue weighted by Gasteiger charge is 2.07. The van der Waals surface area contributed by atoms with E-state index in [-0.39, 0.29) is 24.7 Å². The molecule has 0 saturated carbocycles. The Morgan fingerprint density at radius 3 is 1.46 bits per heavy atom. The second kappa shape index (κ2) is 13.6. The van der Waals surface area contributed by atoms with Gasteiger partial charge >= 0.3 is 12.1 Å². The van der Waals surface area contributed by atoms with Crippen molar-refractivity contribution in [1.82, 2.24) is 40.6 Å². The maximum atomic E-state index is 12.9. The van der Waals surface area contributed by atoms with Crippen LogP contribution in [0.1, 0.15) is 30.7 Å². The minimum atomic E-state index is -0.420. The highest BCUT2D eigenvalue weighted by atomic mass is 19.1. The van der Waals surface area contributed by atoms with Gasteiger partial charge in [0.1, 0.15) is 23.0 Å². The summed E-state index contributed by atoms with van der Waals surface area (Å²) in [6, 6.07) is 10.1. The van der Waals surface area contributed by atoms with Crippen molar-refractivity contribution in [2.24, 2.45) is 0 Å². The number of aromatic nitrogens is 6. The number of benzene rings is 2. The van der Waals surface area contributed by atoms with E-state index in [0.29, 0.717) is 35.9 Å². The third-order valence-corrected chi connectivity index (χ3v) is 5.51. The van der Waals surface area contributed by atoms with Crippen LogP contribution in [0.15, 0.2) is 60.9 Å². The minimum absolute atomic E-state index is 0.213. The lowest BCUT2D eigenvalue weighted by molar-refractivity contribution is 0.251. The number of carbonyl (C=O) groups is 2. The molecular formula is C25H28F2N10O2. The summed E-state index contributed by atoms with van der Waals surface area (Å²) in [6.45, 7) is 1.80. The minimum Gasteiger partial charge on any atom is -0.332 e. The van der Waals surface area contributed by atoms with Crippen molar-refractivity contribution < 1.29 is 18.4 Å². The number of carbonyl (C=O) groups excluding carboxylic acids is 2. The van der Waals surface area contributed by atoms with Crippen molar-refractivity contribution in [2.45, 2.75) is 45.4 Å². The van der Waals surface area contributed by atoms with Crippen LogP contribution in [0.25, 0.3) is 0 Å². The lowest BCUT2D eigenvalue weighted by atomic mass is 10.2. The molecule has 0 bridgehead atoms. The number of nitrogens with one attached hydrogen (secondary N) is 4. The Labute approximate surface area is 222 Å². The molecule has 0 radical (unpaired) electrons. The predicted molar refractivity (Wildman–Crippen MR) is 138 cm³/mol. The van der Waals surface area contributed by atoms with Gasteiger partial charge in [-0.1, -0.05) is 10.4 Å². The fourth-order valence-electron chi connectivity index (χ4n) is 3.54. The molecule has 4 rings (SSSR count). The Hall–Kier alpha value is -4.88. The van der Waals surface area contributed by atoms with Crippen molar-refractivity contribution in [3.05, 3.63) is 83.9 Å². The zero-order chi connectivity index (χ0) is 27.5. The van der Waals surface area contributed by atoms with E-state index in [9.17, 15) is 18.4 Å². The Balaban J connectivity index is 1.07. The van der Waals surface area contributed by atoms with Gasteiger partial charge in [0.05, 0.1) is 25.5 Å². The van der Waals surface area contributed by atoms with E-state index in [0.717, 1.165) is 19.3 Å². The highest BCUT2D eigenvalue weighted by Crippen LogP contribution is 2.09. The first-order chi connectivity index (χ1) is 18.9. The van der Waals surface area contributed by atoms with E-state index in [1.165, 1.54) is 48.5 Å². The standard InChI is InChI=1S/C25H28F2N10O2/c26-18-4-8-20(9-5-18)30-24(38)28-14-22-16-36(34-32-22)12-2-1-3-13-37-17-23(33-35-37)15-29-25(39)31-21-10-6-19(27)7-11-21/h4-11,16-17H,1-3,12-15H2,(H2,28,30,38)(H2,29,31,39). The molecule has 0 unspecified atom stereocenters. The van der Waals surface area contributed by atoms with Gasteiger partial charge in [0.2, 0.25) is 0 Å². The van der Waals surface area contributed by atoms with E-state index in [1.54, 1.807) is 21.8 Å². The van der Waals surface area contributed by atoms with Gasteiger partial charge in [0.15, 0.2) is 0 Å². The molecule has 0 aliphatic rings. The van der Waals surface area contributed by atoms with Crippen LogP contribution in [0.5, 0.6) is 0 Å². The van der Waals surface area contributed by atoms with E-state index < -0.39 is 12.1 Å². The third kappa shape index (κ3) is 9.18. The van der Waals surface area contributed by atoms with Crippen molar-refractivity contribution in [3.63, 3.8) is 0 Å². The topological polar surface area (TPSA) is 144 Å². The van der Waals surface area contributed by atoms with Crippen LogP contribution < -0.4 is 21.3 Å². The maximum absolute atomic E-state index is 12.9. The fourth-order valence-corrected chi connectivity index (χ4v) is 3.54. The van der Waals surface area contributed by atoms with Crippen molar-refractivity contribution >= 4 is 23.4 Å². The second-order valence-electron chi connectivity index (χ2n) is 8.64. The number of anilines is 2. The van der Waals surface area contributed by atoms with E-state index in [1.807, 2.05) is 0 Å². The number of amides is 4. The summed E-state index contributed by atoms with van der Waals surface area (Å²) >= 11 is 0. The van der Waals surface area contributed by atoms with E-state index in [4.69, 9.17) is 0 Å². The van der Waals surface area contributed by atoms with Crippen LogP contribution in [-0.2, 0) is 26.2 Å². The van der Waals surface area contributed by atoms with Crippen molar-refractivity contribution in [2.75, 3.05) is 10.6 Å². The number of hydrogen-bond acceptors (Lipinski definition) is 6. The monoisotopic (exact) mass is 538 g/mol. The summed E-state index contributed by atoms with van der Waals surface area (Å²) in [5.74, 6) is -0.747. The molecule has 4 N–H and O–H groups in total. The molecular weight excluding hydrogens is 510 g/mol.